The summed E-state index contributed by atoms with van der Waals surface area (Å²) < 4.78 is 41.8. The monoisotopic (exact) mass is 419 g/mol. The fraction of sp³-hybridized carbons (Fsp3) is 0.400. The molecule has 1 N–H and O–H groups in total. The van der Waals surface area contributed by atoms with E-state index in [9.17, 15) is 22.8 Å². The van der Waals surface area contributed by atoms with Gasteiger partial charge in [0, 0.05) is 43.1 Å². The van der Waals surface area contributed by atoms with Crippen LogP contribution in [-0.4, -0.2) is 43.6 Å². The maximum atomic E-state index is 13.4. The minimum Gasteiger partial charge on any atom is -0.338 e. The van der Waals surface area contributed by atoms with Crippen LogP contribution in [0.25, 0.3) is 10.9 Å². The Morgan fingerprint density at radius 1 is 1.33 bits per heavy atom. The highest BCUT2D eigenvalue weighted by Gasteiger charge is 2.35. The van der Waals surface area contributed by atoms with Crippen LogP contribution >= 0.6 is 0 Å². The summed E-state index contributed by atoms with van der Waals surface area (Å²) in [5.74, 6) is -0.349. The van der Waals surface area contributed by atoms with Gasteiger partial charge in [-0.15, -0.1) is 0 Å². The van der Waals surface area contributed by atoms with E-state index in [-0.39, 0.29) is 23.0 Å². The van der Waals surface area contributed by atoms with Gasteiger partial charge in [-0.05, 0) is 32.4 Å². The average molecular weight is 419 g/mol. The molecular formula is C20H20F3N5O2. The van der Waals surface area contributed by atoms with E-state index in [4.69, 9.17) is 0 Å². The van der Waals surface area contributed by atoms with Crippen LogP contribution in [0.5, 0.6) is 0 Å². The molecule has 4 rings (SSSR count). The van der Waals surface area contributed by atoms with Gasteiger partial charge in [0.2, 0.25) is 0 Å². The van der Waals surface area contributed by atoms with E-state index in [0.29, 0.717) is 37.3 Å². The van der Waals surface area contributed by atoms with Crippen molar-refractivity contribution in [1.82, 2.24) is 24.6 Å². The molecule has 3 aromatic rings. The number of rotatable bonds is 3. The number of aromatic amines is 1. The number of nitrogens with zero attached hydrogens (tertiary/aromatic N) is 4. The second-order valence-electron chi connectivity index (χ2n) is 7.44. The van der Waals surface area contributed by atoms with E-state index in [1.54, 1.807) is 15.8 Å². The Bertz CT molecular complexity index is 1180. The minimum absolute atomic E-state index is 0.00933. The SMILES string of the molecule is CCn1cc(C(=O)N2CC[C@H](c3cc4nc(C)cc(C(F)(F)F)c4c(=O)[nH]3)C2)cn1. The van der Waals surface area contributed by atoms with Crippen LogP contribution in [0.2, 0.25) is 0 Å². The number of fused-ring (bicyclic) bond motifs is 1. The summed E-state index contributed by atoms with van der Waals surface area (Å²) in [4.78, 5) is 33.6. The lowest BCUT2D eigenvalue weighted by Crippen LogP contribution is -2.28. The predicted molar refractivity (Wildman–Crippen MR) is 103 cm³/mol. The van der Waals surface area contributed by atoms with Crippen molar-refractivity contribution in [2.45, 2.75) is 38.9 Å². The third-order valence-corrected chi connectivity index (χ3v) is 5.38. The molecule has 1 atom stereocenters. The average Bonchev–Trinajstić information content (AvgIpc) is 3.35. The van der Waals surface area contributed by atoms with E-state index >= 15 is 0 Å². The van der Waals surface area contributed by atoms with E-state index in [1.165, 1.54) is 19.2 Å². The molecule has 0 aromatic carbocycles. The number of halogens is 3. The van der Waals surface area contributed by atoms with Gasteiger partial charge in [-0.2, -0.15) is 18.3 Å². The van der Waals surface area contributed by atoms with Crippen LogP contribution in [0.3, 0.4) is 0 Å². The Balaban J connectivity index is 1.64. The highest BCUT2D eigenvalue weighted by Crippen LogP contribution is 2.34. The van der Waals surface area contributed by atoms with E-state index < -0.39 is 22.7 Å². The second-order valence-corrected chi connectivity index (χ2v) is 7.44. The van der Waals surface area contributed by atoms with Gasteiger partial charge in [0.1, 0.15) is 0 Å². The Labute approximate surface area is 169 Å². The zero-order valence-electron chi connectivity index (χ0n) is 16.5. The van der Waals surface area contributed by atoms with E-state index in [2.05, 4.69) is 15.1 Å². The van der Waals surface area contributed by atoms with E-state index in [0.717, 1.165) is 6.07 Å². The van der Waals surface area contributed by atoms with Crippen molar-refractivity contribution in [1.29, 1.82) is 0 Å². The van der Waals surface area contributed by atoms with Crippen molar-refractivity contribution in [2.24, 2.45) is 0 Å². The topological polar surface area (TPSA) is 83.9 Å². The summed E-state index contributed by atoms with van der Waals surface area (Å²) >= 11 is 0. The van der Waals surface area contributed by atoms with Crippen molar-refractivity contribution < 1.29 is 18.0 Å². The van der Waals surface area contributed by atoms with Gasteiger partial charge < -0.3 is 9.88 Å². The lowest BCUT2D eigenvalue weighted by atomic mass is 10.0. The summed E-state index contributed by atoms with van der Waals surface area (Å²) in [6.45, 7) is 4.87. The molecule has 1 saturated heterocycles. The van der Waals surface area contributed by atoms with Crippen molar-refractivity contribution in [3.05, 3.63) is 57.4 Å². The first-order chi connectivity index (χ1) is 14.2. The summed E-state index contributed by atoms with van der Waals surface area (Å²) in [6.07, 6.45) is -0.867. The second kappa shape index (κ2) is 7.26. The fourth-order valence-corrected chi connectivity index (χ4v) is 3.89. The van der Waals surface area contributed by atoms with Gasteiger partial charge in [0.15, 0.2) is 0 Å². The first-order valence-corrected chi connectivity index (χ1v) is 9.61. The Morgan fingerprint density at radius 3 is 2.77 bits per heavy atom. The molecule has 0 radical (unpaired) electrons. The van der Waals surface area contributed by atoms with Crippen molar-refractivity contribution in [3.63, 3.8) is 0 Å². The van der Waals surface area contributed by atoms with Gasteiger partial charge in [-0.1, -0.05) is 0 Å². The Morgan fingerprint density at radius 2 is 2.10 bits per heavy atom. The van der Waals surface area contributed by atoms with Crippen LogP contribution in [0, 0.1) is 6.92 Å². The van der Waals surface area contributed by atoms with Gasteiger partial charge in [0.25, 0.3) is 11.5 Å². The van der Waals surface area contributed by atoms with Gasteiger partial charge >= 0.3 is 6.18 Å². The number of H-pyrrole nitrogens is 1. The summed E-state index contributed by atoms with van der Waals surface area (Å²) in [7, 11) is 0. The first kappa shape index (κ1) is 20.1. The third-order valence-electron chi connectivity index (χ3n) is 5.38. The number of alkyl halides is 3. The molecule has 1 aliphatic rings. The fourth-order valence-electron chi connectivity index (χ4n) is 3.89. The summed E-state index contributed by atoms with van der Waals surface area (Å²) in [6, 6.07) is 2.37. The Kier molecular flexibility index (Phi) is 4.87. The lowest BCUT2D eigenvalue weighted by Gasteiger charge is -2.16. The number of carbonyl (C=O) groups is 1. The van der Waals surface area contributed by atoms with Crippen LogP contribution in [0.1, 0.15) is 46.6 Å². The predicted octanol–water partition coefficient (Wildman–Crippen LogP) is 3.10. The molecule has 30 heavy (non-hydrogen) atoms. The van der Waals surface area contributed by atoms with Crippen LogP contribution in [0.4, 0.5) is 13.2 Å². The number of hydrogen-bond donors (Lipinski definition) is 1. The molecule has 1 amide bonds. The standard InChI is InChI=1S/C20H20F3N5O2/c1-3-28-10-13(8-24-28)19(30)27-5-4-12(9-27)15-7-16-17(18(29)26-15)14(20(21,22)23)6-11(2)25-16/h6-8,10,12H,3-5,9H2,1-2H3,(H,26,29)/t12-/m0/s1. The van der Waals surface area contributed by atoms with Gasteiger partial charge in [-0.3, -0.25) is 19.3 Å². The maximum Gasteiger partial charge on any atom is 0.417 e. The lowest BCUT2D eigenvalue weighted by molar-refractivity contribution is -0.136. The molecule has 0 saturated carbocycles. The number of hydrogen-bond acceptors (Lipinski definition) is 4. The Hall–Kier alpha value is -3.17. The largest absolute Gasteiger partial charge is 0.417 e. The van der Waals surface area contributed by atoms with Crippen molar-refractivity contribution >= 4 is 16.8 Å². The van der Waals surface area contributed by atoms with Crippen molar-refractivity contribution in [2.75, 3.05) is 13.1 Å². The molecular weight excluding hydrogens is 399 g/mol. The van der Waals surface area contributed by atoms with Gasteiger partial charge in [0.05, 0.1) is 28.2 Å². The molecule has 0 bridgehead atoms. The molecule has 1 fully saturated rings. The number of amides is 1. The molecule has 0 unspecified atom stereocenters. The van der Waals surface area contributed by atoms with Crippen LogP contribution in [0.15, 0.2) is 29.3 Å². The zero-order chi connectivity index (χ0) is 21.6. The normalized spacial score (nSPS) is 17.1. The maximum absolute atomic E-state index is 13.4. The number of pyridine rings is 2. The van der Waals surface area contributed by atoms with E-state index in [1.807, 2.05) is 6.92 Å². The molecule has 0 aliphatic carbocycles. The number of likely N-dealkylation sites (tertiary alicyclic amines) is 1. The zero-order valence-corrected chi connectivity index (χ0v) is 16.5. The number of aryl methyl sites for hydroxylation is 2. The number of carbonyl (C=O) groups excluding carboxylic acids is 1. The number of aromatic nitrogens is 4. The van der Waals surface area contributed by atoms with Crippen LogP contribution < -0.4 is 5.56 Å². The first-order valence-electron chi connectivity index (χ1n) is 9.61. The van der Waals surface area contributed by atoms with Crippen molar-refractivity contribution in [3.8, 4) is 0 Å². The minimum atomic E-state index is -4.65. The summed E-state index contributed by atoms with van der Waals surface area (Å²) in [5, 5.41) is 3.64. The molecule has 0 spiro atoms. The van der Waals surface area contributed by atoms with Gasteiger partial charge in [-0.25, -0.2) is 0 Å². The summed E-state index contributed by atoms with van der Waals surface area (Å²) in [5.41, 5.74) is -0.655. The molecule has 4 heterocycles. The number of nitrogens with one attached hydrogen (secondary N) is 1. The molecule has 1 aliphatic heterocycles. The highest BCUT2D eigenvalue weighted by molar-refractivity contribution is 5.94. The molecule has 10 heteroatoms. The van der Waals surface area contributed by atoms with Crippen LogP contribution in [-0.2, 0) is 12.7 Å². The smallest absolute Gasteiger partial charge is 0.338 e. The molecule has 158 valence electrons. The highest BCUT2D eigenvalue weighted by atomic mass is 19.4. The molecule has 7 nitrogen and oxygen atoms in total. The third kappa shape index (κ3) is 3.57. The molecule has 3 aromatic heterocycles. The quantitative estimate of drug-likeness (QED) is 0.707.